The lowest BCUT2D eigenvalue weighted by atomic mass is 10.1. The van der Waals surface area contributed by atoms with Crippen LogP contribution in [0.2, 0.25) is 0 Å². The molecule has 0 aliphatic heterocycles. The highest BCUT2D eigenvalue weighted by Gasteiger charge is 2.32. The fraction of sp³-hybridized carbons (Fsp3) is 0.200. The average Bonchev–Trinajstić information content (AvgIpc) is 2.45. The molecule has 2 aromatic rings. The Labute approximate surface area is 124 Å². The third kappa shape index (κ3) is 4.21. The summed E-state index contributed by atoms with van der Waals surface area (Å²) in [6.07, 6.45) is -4.73. The molecular formula is C15H12F3NO3. The lowest BCUT2D eigenvalue weighted by Gasteiger charge is -2.11. The van der Waals surface area contributed by atoms with E-state index in [9.17, 15) is 18.0 Å². The highest BCUT2D eigenvalue weighted by atomic mass is 19.4. The van der Waals surface area contributed by atoms with Gasteiger partial charge >= 0.3 is 12.1 Å². The molecule has 1 heterocycles. The van der Waals surface area contributed by atoms with E-state index >= 15 is 0 Å². The van der Waals surface area contributed by atoms with Gasteiger partial charge in [-0.25, -0.2) is 4.98 Å². The van der Waals surface area contributed by atoms with E-state index < -0.39 is 17.8 Å². The molecule has 22 heavy (non-hydrogen) atoms. The smallest absolute Gasteiger partial charge is 0.433 e. The number of benzene rings is 1. The summed E-state index contributed by atoms with van der Waals surface area (Å²) in [6, 6.07) is 10.0. The van der Waals surface area contributed by atoms with Crippen molar-refractivity contribution in [3.63, 3.8) is 0 Å². The third-order valence-electron chi connectivity index (χ3n) is 2.85. The van der Waals surface area contributed by atoms with Gasteiger partial charge in [0.25, 0.3) is 0 Å². The molecule has 1 N–H and O–H groups in total. The van der Waals surface area contributed by atoms with Gasteiger partial charge in [-0.15, -0.1) is 0 Å². The van der Waals surface area contributed by atoms with Gasteiger partial charge in [-0.3, -0.25) is 4.79 Å². The van der Waals surface area contributed by atoms with Gasteiger partial charge in [0, 0.05) is 6.07 Å². The summed E-state index contributed by atoms with van der Waals surface area (Å²) in [5, 5.41) is 8.82. The second-order valence-electron chi connectivity index (χ2n) is 4.49. The van der Waals surface area contributed by atoms with Crippen LogP contribution in [0.5, 0.6) is 5.88 Å². The first kappa shape index (κ1) is 15.8. The predicted molar refractivity (Wildman–Crippen MR) is 71.4 cm³/mol. The first-order chi connectivity index (χ1) is 10.4. The second-order valence-corrected chi connectivity index (χ2v) is 4.49. The van der Waals surface area contributed by atoms with Gasteiger partial charge in [0.1, 0.15) is 12.3 Å². The van der Waals surface area contributed by atoms with Crippen LogP contribution in [0, 0.1) is 0 Å². The molecule has 116 valence electrons. The summed E-state index contributed by atoms with van der Waals surface area (Å²) in [5.74, 6) is -1.16. The molecule has 0 aliphatic carbocycles. The van der Waals surface area contributed by atoms with Crippen molar-refractivity contribution >= 4 is 5.97 Å². The molecule has 0 radical (unpaired) electrons. The Balaban J connectivity index is 2.12. The van der Waals surface area contributed by atoms with E-state index in [1.807, 2.05) is 0 Å². The van der Waals surface area contributed by atoms with Gasteiger partial charge in [0.2, 0.25) is 5.88 Å². The number of carboxylic acids is 1. The number of halogens is 3. The van der Waals surface area contributed by atoms with E-state index in [0.717, 1.165) is 6.07 Å². The minimum Gasteiger partial charge on any atom is -0.481 e. The van der Waals surface area contributed by atoms with Crippen LogP contribution in [0.25, 0.3) is 0 Å². The Morgan fingerprint density at radius 3 is 2.41 bits per heavy atom. The molecule has 0 saturated carbocycles. The van der Waals surface area contributed by atoms with Crippen LogP contribution in [-0.2, 0) is 24.0 Å². The average molecular weight is 311 g/mol. The van der Waals surface area contributed by atoms with Gasteiger partial charge in [-0.05, 0) is 17.2 Å². The zero-order valence-electron chi connectivity index (χ0n) is 11.3. The van der Waals surface area contributed by atoms with Gasteiger partial charge in [-0.1, -0.05) is 30.3 Å². The Hall–Kier alpha value is -2.57. The number of aliphatic carboxylic acids is 1. The predicted octanol–water partition coefficient (Wildman–Crippen LogP) is 3.31. The Morgan fingerprint density at radius 1 is 1.09 bits per heavy atom. The van der Waals surface area contributed by atoms with Crippen LogP contribution >= 0.6 is 0 Å². The molecule has 0 spiro atoms. The fourth-order valence-corrected chi connectivity index (χ4v) is 1.84. The lowest BCUT2D eigenvalue weighted by Crippen LogP contribution is -2.09. The van der Waals surface area contributed by atoms with Gasteiger partial charge in [-0.2, -0.15) is 13.2 Å². The number of pyridine rings is 1. The number of alkyl halides is 3. The maximum Gasteiger partial charge on any atom is 0.433 e. The minimum absolute atomic E-state index is 0.0578. The van der Waals surface area contributed by atoms with Crippen molar-refractivity contribution in [1.82, 2.24) is 4.98 Å². The Kier molecular flexibility index (Phi) is 4.65. The van der Waals surface area contributed by atoms with Crippen molar-refractivity contribution in [1.29, 1.82) is 0 Å². The molecule has 0 unspecified atom stereocenters. The molecule has 2 rings (SSSR count). The minimum atomic E-state index is -4.54. The standard InChI is InChI=1S/C15H12F3NO3/c16-15(17,18)12-6-3-7-13(19-12)22-9-11-5-2-1-4-10(11)8-14(20)21/h1-7H,8-9H2,(H,20,21). The van der Waals surface area contributed by atoms with E-state index in [4.69, 9.17) is 9.84 Å². The highest BCUT2D eigenvalue weighted by Crippen LogP contribution is 2.28. The van der Waals surface area contributed by atoms with Crippen molar-refractivity contribution in [3.05, 3.63) is 59.3 Å². The fourth-order valence-electron chi connectivity index (χ4n) is 1.84. The van der Waals surface area contributed by atoms with E-state index in [2.05, 4.69) is 4.98 Å². The first-order valence-electron chi connectivity index (χ1n) is 6.32. The van der Waals surface area contributed by atoms with Crippen LogP contribution in [0.4, 0.5) is 13.2 Å². The van der Waals surface area contributed by atoms with E-state index in [1.165, 1.54) is 12.1 Å². The number of carboxylic acid groups (broad SMARTS) is 1. The molecule has 0 amide bonds. The Bertz CT molecular complexity index is 671. The summed E-state index contributed by atoms with van der Waals surface area (Å²) in [7, 11) is 0. The maximum absolute atomic E-state index is 12.6. The van der Waals surface area contributed by atoms with Gasteiger partial charge < -0.3 is 9.84 Å². The normalized spacial score (nSPS) is 11.2. The van der Waals surface area contributed by atoms with Crippen LogP contribution in [0.1, 0.15) is 16.8 Å². The molecule has 1 aromatic heterocycles. The SMILES string of the molecule is O=C(O)Cc1ccccc1COc1cccc(C(F)(F)F)n1. The quantitative estimate of drug-likeness (QED) is 0.920. The number of rotatable bonds is 5. The van der Waals surface area contributed by atoms with Crippen LogP contribution in [0.15, 0.2) is 42.5 Å². The van der Waals surface area contributed by atoms with E-state index in [0.29, 0.717) is 11.1 Å². The Morgan fingerprint density at radius 2 is 1.77 bits per heavy atom. The summed E-state index contributed by atoms with van der Waals surface area (Å²) < 4.78 is 42.9. The molecular weight excluding hydrogens is 299 g/mol. The van der Waals surface area contributed by atoms with E-state index in [1.54, 1.807) is 24.3 Å². The third-order valence-corrected chi connectivity index (χ3v) is 2.85. The van der Waals surface area contributed by atoms with Crippen LogP contribution < -0.4 is 4.74 Å². The maximum atomic E-state index is 12.6. The summed E-state index contributed by atoms with van der Waals surface area (Å²) >= 11 is 0. The number of nitrogens with zero attached hydrogens (tertiary/aromatic N) is 1. The largest absolute Gasteiger partial charge is 0.481 e. The van der Waals surface area contributed by atoms with Crippen molar-refractivity contribution in [3.8, 4) is 5.88 Å². The monoisotopic (exact) mass is 311 g/mol. The molecule has 0 fully saturated rings. The summed E-state index contributed by atoms with van der Waals surface area (Å²) in [6.45, 7) is -0.0578. The van der Waals surface area contributed by atoms with Gasteiger partial charge in [0.15, 0.2) is 0 Å². The van der Waals surface area contributed by atoms with Crippen LogP contribution in [0.3, 0.4) is 0 Å². The number of hydrogen-bond donors (Lipinski definition) is 1. The molecule has 1 aromatic carbocycles. The zero-order chi connectivity index (χ0) is 16.2. The van der Waals surface area contributed by atoms with Crippen molar-refractivity contribution < 1.29 is 27.8 Å². The lowest BCUT2D eigenvalue weighted by molar-refractivity contribution is -0.141. The van der Waals surface area contributed by atoms with Crippen molar-refractivity contribution in [2.75, 3.05) is 0 Å². The number of aromatic nitrogens is 1. The number of ether oxygens (including phenoxy) is 1. The first-order valence-corrected chi connectivity index (χ1v) is 6.32. The molecule has 4 nitrogen and oxygen atoms in total. The molecule has 0 saturated heterocycles. The molecule has 0 bridgehead atoms. The summed E-state index contributed by atoms with van der Waals surface area (Å²) in [4.78, 5) is 14.2. The number of carbonyl (C=O) groups is 1. The molecule has 0 atom stereocenters. The van der Waals surface area contributed by atoms with Crippen LogP contribution in [-0.4, -0.2) is 16.1 Å². The van der Waals surface area contributed by atoms with Crippen molar-refractivity contribution in [2.45, 2.75) is 19.2 Å². The zero-order valence-corrected chi connectivity index (χ0v) is 11.3. The number of hydrogen-bond acceptors (Lipinski definition) is 3. The molecule has 7 heteroatoms. The summed E-state index contributed by atoms with van der Waals surface area (Å²) in [5.41, 5.74) is 0.0925. The molecule has 0 aliphatic rings. The topological polar surface area (TPSA) is 59.4 Å². The highest BCUT2D eigenvalue weighted by molar-refractivity contribution is 5.70. The van der Waals surface area contributed by atoms with Crippen molar-refractivity contribution in [2.24, 2.45) is 0 Å². The van der Waals surface area contributed by atoms with Gasteiger partial charge in [0.05, 0.1) is 6.42 Å². The second kappa shape index (κ2) is 6.46. The van der Waals surface area contributed by atoms with E-state index in [-0.39, 0.29) is 18.9 Å².